The molecule has 0 aliphatic rings. The lowest BCUT2D eigenvalue weighted by Crippen LogP contribution is -2.10. The van der Waals surface area contributed by atoms with E-state index in [1.54, 1.807) is 24.4 Å². The van der Waals surface area contributed by atoms with Crippen molar-refractivity contribution >= 4 is 16.9 Å². The van der Waals surface area contributed by atoms with Crippen molar-refractivity contribution in [3.63, 3.8) is 0 Å². The number of carbonyl (C=O) groups is 1. The Morgan fingerprint density at radius 1 is 1.28 bits per heavy atom. The van der Waals surface area contributed by atoms with Crippen LogP contribution < -0.4 is 0 Å². The van der Waals surface area contributed by atoms with Crippen molar-refractivity contribution in [2.24, 2.45) is 0 Å². The normalized spacial score (nSPS) is 11.2. The molecule has 2 aromatic heterocycles. The topological polar surface area (TPSA) is 47.4 Å². The van der Waals surface area contributed by atoms with Crippen LogP contribution in [0.4, 0.5) is 4.39 Å². The van der Waals surface area contributed by atoms with Crippen LogP contribution in [0.2, 0.25) is 0 Å². The van der Waals surface area contributed by atoms with Gasteiger partial charge in [-0.3, -0.25) is 0 Å². The van der Waals surface area contributed by atoms with Gasteiger partial charge in [0.2, 0.25) is 0 Å². The van der Waals surface area contributed by atoms with Gasteiger partial charge in [0.05, 0.1) is 18.8 Å². The van der Waals surface area contributed by atoms with Gasteiger partial charge in [-0.1, -0.05) is 12.1 Å². The summed E-state index contributed by atoms with van der Waals surface area (Å²) in [6, 6.07) is 8.21. The van der Waals surface area contributed by atoms with Crippen LogP contribution in [0.3, 0.4) is 0 Å². The average Bonchev–Trinajstić information content (AvgIpc) is 2.92. The molecular formula is C19H20FN3O2. The van der Waals surface area contributed by atoms with Crippen LogP contribution in [-0.4, -0.2) is 41.6 Å². The Morgan fingerprint density at radius 2 is 2.00 bits per heavy atom. The SMILES string of the molecule is COC(=O)c1cc2c(CN(C)C)cn(Cc3ccc(F)cc3)c2cn1. The Bertz CT molecular complexity index is 901. The molecule has 130 valence electrons. The minimum Gasteiger partial charge on any atom is -0.464 e. The Labute approximate surface area is 145 Å². The number of halogens is 1. The third-order valence-corrected chi connectivity index (χ3v) is 4.00. The predicted octanol–water partition coefficient (Wildman–Crippen LogP) is 3.07. The van der Waals surface area contributed by atoms with Crippen molar-refractivity contribution in [1.29, 1.82) is 0 Å². The fourth-order valence-electron chi connectivity index (χ4n) is 2.86. The van der Waals surface area contributed by atoms with Gasteiger partial charge in [0, 0.05) is 24.7 Å². The summed E-state index contributed by atoms with van der Waals surface area (Å²) < 4.78 is 19.9. The molecule has 25 heavy (non-hydrogen) atoms. The summed E-state index contributed by atoms with van der Waals surface area (Å²) in [5.74, 6) is -0.706. The Hall–Kier alpha value is -2.73. The first-order valence-corrected chi connectivity index (χ1v) is 7.93. The Morgan fingerprint density at radius 3 is 2.64 bits per heavy atom. The molecule has 0 fully saturated rings. The van der Waals surface area contributed by atoms with Crippen LogP contribution in [-0.2, 0) is 17.8 Å². The molecule has 0 amide bonds. The van der Waals surface area contributed by atoms with Gasteiger partial charge in [0.1, 0.15) is 11.5 Å². The zero-order valence-electron chi connectivity index (χ0n) is 14.5. The van der Waals surface area contributed by atoms with E-state index in [0.29, 0.717) is 6.54 Å². The zero-order chi connectivity index (χ0) is 18.0. The second-order valence-electron chi connectivity index (χ2n) is 6.22. The molecule has 0 atom stereocenters. The van der Waals surface area contributed by atoms with Gasteiger partial charge in [0.15, 0.2) is 0 Å². The molecule has 0 bridgehead atoms. The summed E-state index contributed by atoms with van der Waals surface area (Å²) in [6.45, 7) is 1.33. The van der Waals surface area contributed by atoms with E-state index >= 15 is 0 Å². The van der Waals surface area contributed by atoms with Crippen molar-refractivity contribution in [1.82, 2.24) is 14.5 Å². The van der Waals surface area contributed by atoms with Gasteiger partial charge in [-0.15, -0.1) is 0 Å². The van der Waals surface area contributed by atoms with Crippen molar-refractivity contribution in [2.45, 2.75) is 13.1 Å². The molecule has 0 unspecified atom stereocenters. The number of hydrogen-bond acceptors (Lipinski definition) is 4. The quantitative estimate of drug-likeness (QED) is 0.669. The maximum Gasteiger partial charge on any atom is 0.356 e. The first kappa shape index (κ1) is 17.1. The van der Waals surface area contributed by atoms with E-state index in [1.165, 1.54) is 19.2 Å². The Kier molecular flexibility index (Phi) is 4.81. The molecule has 0 radical (unpaired) electrons. The summed E-state index contributed by atoms with van der Waals surface area (Å²) in [4.78, 5) is 18.1. The highest BCUT2D eigenvalue weighted by molar-refractivity contribution is 5.93. The Balaban J connectivity index is 2.05. The standard InChI is InChI=1S/C19H20FN3O2/c1-22(2)11-14-12-23(10-13-4-6-15(20)7-5-13)18-9-21-17(8-16(14)18)19(24)25-3/h4-9,12H,10-11H2,1-3H3. The molecule has 0 saturated heterocycles. The molecule has 0 aliphatic carbocycles. The van der Waals surface area contributed by atoms with Crippen LogP contribution >= 0.6 is 0 Å². The van der Waals surface area contributed by atoms with E-state index in [4.69, 9.17) is 4.74 Å². The van der Waals surface area contributed by atoms with Crippen molar-refractivity contribution in [3.8, 4) is 0 Å². The van der Waals surface area contributed by atoms with Crippen LogP contribution in [0.5, 0.6) is 0 Å². The summed E-state index contributed by atoms with van der Waals surface area (Å²) in [6.07, 6.45) is 3.74. The molecule has 3 aromatic rings. The molecular weight excluding hydrogens is 321 g/mol. The first-order valence-electron chi connectivity index (χ1n) is 7.93. The minimum absolute atomic E-state index is 0.251. The van der Waals surface area contributed by atoms with Gasteiger partial charge >= 0.3 is 5.97 Å². The number of esters is 1. The van der Waals surface area contributed by atoms with Crippen molar-refractivity contribution in [3.05, 3.63) is 65.4 Å². The number of fused-ring (bicyclic) bond motifs is 1. The van der Waals surface area contributed by atoms with Crippen LogP contribution in [0, 0.1) is 5.82 Å². The maximum atomic E-state index is 13.1. The summed E-state index contributed by atoms with van der Waals surface area (Å²) in [5, 5.41) is 0.964. The number of hydrogen-bond donors (Lipinski definition) is 0. The van der Waals surface area contributed by atoms with Gasteiger partial charge in [0.25, 0.3) is 0 Å². The highest BCUT2D eigenvalue weighted by Crippen LogP contribution is 2.24. The van der Waals surface area contributed by atoms with E-state index in [9.17, 15) is 9.18 Å². The van der Waals surface area contributed by atoms with E-state index in [1.807, 2.05) is 14.1 Å². The molecule has 1 aromatic carbocycles. The van der Waals surface area contributed by atoms with E-state index in [2.05, 4.69) is 20.6 Å². The number of nitrogens with zero attached hydrogens (tertiary/aromatic N) is 3. The summed E-state index contributed by atoms with van der Waals surface area (Å²) in [7, 11) is 5.33. The predicted molar refractivity (Wildman–Crippen MR) is 94.0 cm³/mol. The van der Waals surface area contributed by atoms with E-state index in [-0.39, 0.29) is 11.5 Å². The smallest absolute Gasteiger partial charge is 0.356 e. The third-order valence-electron chi connectivity index (χ3n) is 4.00. The maximum absolute atomic E-state index is 13.1. The highest BCUT2D eigenvalue weighted by Gasteiger charge is 2.14. The van der Waals surface area contributed by atoms with E-state index in [0.717, 1.165) is 28.6 Å². The lowest BCUT2D eigenvalue weighted by molar-refractivity contribution is 0.0594. The summed E-state index contributed by atoms with van der Waals surface area (Å²) in [5.41, 5.74) is 3.30. The second-order valence-corrected chi connectivity index (χ2v) is 6.22. The lowest BCUT2D eigenvalue weighted by Gasteiger charge is -2.08. The molecule has 0 N–H and O–H groups in total. The molecule has 2 heterocycles. The number of methoxy groups -OCH3 is 1. The van der Waals surface area contributed by atoms with Gasteiger partial charge < -0.3 is 14.2 Å². The van der Waals surface area contributed by atoms with Gasteiger partial charge in [-0.05, 0) is 43.4 Å². The lowest BCUT2D eigenvalue weighted by atomic mass is 10.2. The van der Waals surface area contributed by atoms with Gasteiger partial charge in [-0.2, -0.15) is 0 Å². The van der Waals surface area contributed by atoms with Gasteiger partial charge in [-0.25, -0.2) is 14.2 Å². The molecule has 5 nitrogen and oxygen atoms in total. The second kappa shape index (κ2) is 7.03. The van der Waals surface area contributed by atoms with E-state index < -0.39 is 5.97 Å². The monoisotopic (exact) mass is 341 g/mol. The first-order chi connectivity index (χ1) is 12.0. The third kappa shape index (κ3) is 3.69. The number of pyridine rings is 1. The van der Waals surface area contributed by atoms with Crippen LogP contribution in [0.25, 0.3) is 10.9 Å². The van der Waals surface area contributed by atoms with Crippen LogP contribution in [0.1, 0.15) is 21.6 Å². The minimum atomic E-state index is -0.455. The number of benzene rings is 1. The average molecular weight is 341 g/mol. The van der Waals surface area contributed by atoms with Crippen LogP contribution in [0.15, 0.2) is 42.7 Å². The number of rotatable bonds is 5. The zero-order valence-corrected chi connectivity index (χ0v) is 14.5. The fourth-order valence-corrected chi connectivity index (χ4v) is 2.86. The number of aromatic nitrogens is 2. The number of ether oxygens (including phenoxy) is 1. The molecule has 0 spiro atoms. The molecule has 0 saturated carbocycles. The number of carbonyl (C=O) groups excluding carboxylic acids is 1. The molecule has 3 rings (SSSR count). The largest absolute Gasteiger partial charge is 0.464 e. The van der Waals surface area contributed by atoms with Crippen molar-refractivity contribution in [2.75, 3.05) is 21.2 Å². The fraction of sp³-hybridized carbons (Fsp3) is 0.263. The molecule has 6 heteroatoms. The highest BCUT2D eigenvalue weighted by atomic mass is 19.1. The molecule has 0 aliphatic heterocycles. The summed E-state index contributed by atoms with van der Waals surface area (Å²) >= 11 is 0. The van der Waals surface area contributed by atoms with Crippen molar-refractivity contribution < 1.29 is 13.9 Å².